The summed E-state index contributed by atoms with van der Waals surface area (Å²) < 4.78 is 0. The van der Waals surface area contributed by atoms with Gasteiger partial charge in [0.05, 0.1) is 21.8 Å². The Morgan fingerprint density at radius 3 is 2.83 bits per heavy atom. The van der Waals surface area contributed by atoms with E-state index in [9.17, 15) is 4.79 Å². The lowest BCUT2D eigenvalue weighted by Crippen LogP contribution is -2.25. The van der Waals surface area contributed by atoms with Crippen molar-refractivity contribution >= 4 is 17.2 Å². The molecule has 1 N–H and O–H groups in total. The first-order chi connectivity index (χ1) is 11.2. The zero-order valence-corrected chi connectivity index (χ0v) is 13.5. The predicted octanol–water partition coefficient (Wildman–Crippen LogP) is 2.88. The molecule has 3 heterocycles. The van der Waals surface area contributed by atoms with Gasteiger partial charge in [-0.1, -0.05) is 6.07 Å². The molecule has 0 aliphatic heterocycles. The van der Waals surface area contributed by atoms with Crippen LogP contribution in [0, 0.1) is 6.92 Å². The molecule has 0 unspecified atom stereocenters. The van der Waals surface area contributed by atoms with Crippen molar-refractivity contribution in [3.8, 4) is 10.6 Å². The van der Waals surface area contributed by atoms with Crippen molar-refractivity contribution in [3.63, 3.8) is 0 Å². The molecule has 6 heteroatoms. The Morgan fingerprint density at radius 2 is 2.09 bits per heavy atom. The number of carbonyl (C=O) groups excluding carboxylic acids is 1. The number of pyridine rings is 2. The molecule has 3 aromatic rings. The van der Waals surface area contributed by atoms with Crippen molar-refractivity contribution in [2.45, 2.75) is 13.3 Å². The van der Waals surface area contributed by atoms with E-state index in [1.165, 1.54) is 11.3 Å². The van der Waals surface area contributed by atoms with Gasteiger partial charge in [-0.25, -0.2) is 4.98 Å². The lowest BCUT2D eigenvalue weighted by Gasteiger charge is -2.06. The van der Waals surface area contributed by atoms with Crippen LogP contribution in [0.2, 0.25) is 0 Å². The quantitative estimate of drug-likeness (QED) is 0.783. The highest BCUT2D eigenvalue weighted by Gasteiger charge is 2.10. The Morgan fingerprint density at radius 1 is 1.17 bits per heavy atom. The normalized spacial score (nSPS) is 10.5. The smallest absolute Gasteiger partial charge is 0.251 e. The number of nitrogens with one attached hydrogen (secondary N) is 1. The number of amides is 1. The lowest BCUT2D eigenvalue weighted by atomic mass is 10.2. The first-order valence-corrected chi connectivity index (χ1v) is 8.16. The van der Waals surface area contributed by atoms with Gasteiger partial charge in [0.25, 0.3) is 5.91 Å². The summed E-state index contributed by atoms with van der Waals surface area (Å²) in [5.74, 6) is -0.105. The van der Waals surface area contributed by atoms with Crippen LogP contribution in [0.25, 0.3) is 10.6 Å². The molecular weight excluding hydrogens is 308 g/mol. The van der Waals surface area contributed by atoms with Gasteiger partial charge in [0.15, 0.2) is 0 Å². The molecule has 23 heavy (non-hydrogen) atoms. The summed E-state index contributed by atoms with van der Waals surface area (Å²) in [7, 11) is 0. The fourth-order valence-electron chi connectivity index (χ4n) is 2.20. The van der Waals surface area contributed by atoms with Gasteiger partial charge in [-0.2, -0.15) is 0 Å². The second-order valence-corrected chi connectivity index (χ2v) is 5.88. The first-order valence-electron chi connectivity index (χ1n) is 7.28. The molecule has 116 valence electrons. The van der Waals surface area contributed by atoms with Crippen LogP contribution in [0.5, 0.6) is 0 Å². The molecule has 5 nitrogen and oxygen atoms in total. The summed E-state index contributed by atoms with van der Waals surface area (Å²) in [4.78, 5) is 26.1. The highest BCUT2D eigenvalue weighted by atomic mass is 32.1. The second-order valence-electron chi connectivity index (χ2n) is 5.02. The molecule has 1 amide bonds. The third-order valence-corrected chi connectivity index (χ3v) is 4.34. The SMILES string of the molecule is Cc1ncsc1-c1cc(C(=O)NCCc2ccccn2)ccn1. The van der Waals surface area contributed by atoms with Crippen molar-refractivity contribution in [1.29, 1.82) is 0 Å². The van der Waals surface area contributed by atoms with Crippen molar-refractivity contribution in [3.05, 3.63) is 65.2 Å². The molecule has 0 fully saturated rings. The van der Waals surface area contributed by atoms with Crippen molar-refractivity contribution in [2.24, 2.45) is 0 Å². The monoisotopic (exact) mass is 324 g/mol. The minimum absolute atomic E-state index is 0.105. The van der Waals surface area contributed by atoms with Crippen LogP contribution in [0.4, 0.5) is 0 Å². The van der Waals surface area contributed by atoms with Crippen LogP contribution >= 0.6 is 11.3 Å². The van der Waals surface area contributed by atoms with E-state index in [4.69, 9.17) is 0 Å². The topological polar surface area (TPSA) is 67.8 Å². The van der Waals surface area contributed by atoms with E-state index in [-0.39, 0.29) is 5.91 Å². The van der Waals surface area contributed by atoms with Gasteiger partial charge >= 0.3 is 0 Å². The number of thiazole rings is 1. The molecule has 0 aliphatic rings. The minimum Gasteiger partial charge on any atom is -0.352 e. The van der Waals surface area contributed by atoms with Gasteiger partial charge in [-0.05, 0) is 31.2 Å². The predicted molar refractivity (Wildman–Crippen MR) is 90.4 cm³/mol. The van der Waals surface area contributed by atoms with Crippen molar-refractivity contribution in [1.82, 2.24) is 20.3 Å². The Labute approximate surface area is 138 Å². The number of hydrogen-bond acceptors (Lipinski definition) is 5. The highest BCUT2D eigenvalue weighted by molar-refractivity contribution is 7.13. The summed E-state index contributed by atoms with van der Waals surface area (Å²) >= 11 is 1.52. The van der Waals surface area contributed by atoms with Gasteiger partial charge in [0.2, 0.25) is 0 Å². The minimum atomic E-state index is -0.105. The van der Waals surface area contributed by atoms with Crippen LogP contribution in [-0.4, -0.2) is 27.4 Å². The maximum Gasteiger partial charge on any atom is 0.251 e. The van der Waals surface area contributed by atoms with E-state index >= 15 is 0 Å². The molecule has 3 rings (SSSR count). The molecule has 0 saturated carbocycles. The van der Waals surface area contributed by atoms with Gasteiger partial charge in [0, 0.05) is 36.6 Å². The summed E-state index contributed by atoms with van der Waals surface area (Å²) in [6, 6.07) is 9.29. The number of aryl methyl sites for hydroxylation is 1. The van der Waals surface area contributed by atoms with E-state index < -0.39 is 0 Å². The number of aromatic nitrogens is 3. The van der Waals surface area contributed by atoms with E-state index in [0.717, 1.165) is 22.0 Å². The van der Waals surface area contributed by atoms with Gasteiger partial charge in [-0.3, -0.25) is 14.8 Å². The third-order valence-electron chi connectivity index (χ3n) is 3.39. The van der Waals surface area contributed by atoms with Crippen LogP contribution in [0.1, 0.15) is 21.7 Å². The molecule has 0 aliphatic carbocycles. The summed E-state index contributed by atoms with van der Waals surface area (Å²) in [6.45, 7) is 2.49. The van der Waals surface area contributed by atoms with Crippen LogP contribution < -0.4 is 5.32 Å². The Bertz CT molecular complexity index is 801. The fraction of sp³-hybridized carbons (Fsp3) is 0.176. The summed E-state index contributed by atoms with van der Waals surface area (Å²) in [5.41, 5.74) is 5.05. The Hall–Kier alpha value is -2.60. The molecule has 0 spiro atoms. The average molecular weight is 324 g/mol. The third kappa shape index (κ3) is 3.78. The molecule has 3 aromatic heterocycles. The Kier molecular flexibility index (Phi) is 4.73. The maximum absolute atomic E-state index is 12.3. The number of carbonyl (C=O) groups is 1. The highest BCUT2D eigenvalue weighted by Crippen LogP contribution is 2.25. The lowest BCUT2D eigenvalue weighted by molar-refractivity contribution is 0.0954. The zero-order chi connectivity index (χ0) is 16.1. The Balaban J connectivity index is 1.65. The van der Waals surface area contributed by atoms with Gasteiger partial charge in [0.1, 0.15) is 0 Å². The largest absolute Gasteiger partial charge is 0.352 e. The molecule has 0 saturated heterocycles. The fourth-order valence-corrected chi connectivity index (χ4v) is 2.97. The molecule has 0 radical (unpaired) electrons. The van der Waals surface area contributed by atoms with Crippen LogP contribution in [0.15, 0.2) is 48.2 Å². The van der Waals surface area contributed by atoms with Crippen molar-refractivity contribution in [2.75, 3.05) is 6.54 Å². The molecular formula is C17H16N4OS. The second kappa shape index (κ2) is 7.11. The maximum atomic E-state index is 12.3. The zero-order valence-electron chi connectivity index (χ0n) is 12.7. The van der Waals surface area contributed by atoms with Gasteiger partial charge < -0.3 is 5.32 Å². The molecule has 0 aromatic carbocycles. The number of hydrogen-bond donors (Lipinski definition) is 1. The number of rotatable bonds is 5. The van der Waals surface area contributed by atoms with Gasteiger partial charge in [-0.15, -0.1) is 11.3 Å². The van der Waals surface area contributed by atoms with E-state index in [1.807, 2.05) is 25.1 Å². The van der Waals surface area contributed by atoms with E-state index in [2.05, 4.69) is 20.3 Å². The molecule has 0 bridgehead atoms. The molecule has 0 atom stereocenters. The van der Waals surface area contributed by atoms with Crippen LogP contribution in [0.3, 0.4) is 0 Å². The van der Waals surface area contributed by atoms with Crippen LogP contribution in [-0.2, 0) is 6.42 Å². The van der Waals surface area contributed by atoms with E-state index in [0.29, 0.717) is 18.5 Å². The van der Waals surface area contributed by atoms with E-state index in [1.54, 1.807) is 30.0 Å². The average Bonchev–Trinajstić information content (AvgIpc) is 3.02. The summed E-state index contributed by atoms with van der Waals surface area (Å²) in [6.07, 6.45) is 4.12. The van der Waals surface area contributed by atoms with Crippen molar-refractivity contribution < 1.29 is 4.79 Å². The first kappa shape index (κ1) is 15.3. The summed E-state index contributed by atoms with van der Waals surface area (Å²) in [5, 5.41) is 2.92. The standard InChI is InChI=1S/C17H16N4OS/c1-12-16(23-11-21-12)15-10-13(5-8-19-15)17(22)20-9-6-14-4-2-3-7-18-14/h2-5,7-8,10-11H,6,9H2,1H3,(H,20,22). The number of nitrogens with zero attached hydrogens (tertiary/aromatic N) is 3.